The first-order chi connectivity index (χ1) is 13.3. The van der Waals surface area contributed by atoms with E-state index in [1.165, 1.54) is 18.0 Å². The highest BCUT2D eigenvalue weighted by atomic mass is 79.9. The molecule has 3 rings (SSSR count). The highest BCUT2D eigenvalue weighted by molar-refractivity contribution is 9.10. The van der Waals surface area contributed by atoms with Crippen molar-refractivity contribution in [2.45, 2.75) is 24.8 Å². The number of halogens is 1. The van der Waals surface area contributed by atoms with E-state index in [9.17, 15) is 4.79 Å². The molecule has 2 heterocycles. The average molecular weight is 460 g/mol. The fourth-order valence-corrected chi connectivity index (χ4v) is 3.79. The van der Waals surface area contributed by atoms with Crippen LogP contribution in [-0.4, -0.2) is 27.7 Å². The molecule has 0 spiro atoms. The minimum atomic E-state index is -0.744. The lowest BCUT2D eigenvalue weighted by atomic mass is 10.0. The molecule has 2 aromatic heterocycles. The molecule has 1 unspecified atom stereocenters. The number of carbonyl (C=O) groups excluding carboxylic acids is 1. The van der Waals surface area contributed by atoms with Gasteiger partial charge in [-0.3, -0.25) is 9.78 Å². The predicted molar refractivity (Wildman–Crippen MR) is 113 cm³/mol. The highest BCUT2D eigenvalue weighted by Crippen LogP contribution is 2.28. The largest absolute Gasteiger partial charge is 0.470 e. The molecule has 0 radical (unpaired) electrons. The fraction of sp³-hybridized carbons (Fsp3) is 0.250. The quantitative estimate of drug-likeness (QED) is 0.441. The maximum Gasteiger partial charge on any atom is 0.272 e. The van der Waals surface area contributed by atoms with E-state index in [1.807, 2.05) is 38.3 Å². The molecule has 0 fully saturated rings. The lowest BCUT2D eigenvalue weighted by Gasteiger charge is -2.27. The first-order valence-electron chi connectivity index (χ1n) is 8.32. The third-order valence-corrected chi connectivity index (χ3v) is 5.35. The van der Waals surface area contributed by atoms with E-state index in [0.717, 1.165) is 10.9 Å². The van der Waals surface area contributed by atoms with E-state index in [0.29, 0.717) is 21.5 Å². The van der Waals surface area contributed by atoms with Gasteiger partial charge in [0, 0.05) is 17.1 Å². The van der Waals surface area contributed by atoms with E-state index < -0.39 is 11.0 Å². The Morgan fingerprint density at radius 3 is 2.86 bits per heavy atom. The second-order valence-corrected chi connectivity index (χ2v) is 8.29. The molecule has 144 valence electrons. The van der Waals surface area contributed by atoms with Crippen LogP contribution in [0.5, 0.6) is 5.75 Å². The maximum atomic E-state index is 12.8. The number of amides is 1. The van der Waals surface area contributed by atoms with Crippen molar-refractivity contribution in [3.8, 4) is 18.1 Å². The number of pyridine rings is 1. The molecule has 1 aromatic carbocycles. The zero-order valence-corrected chi connectivity index (χ0v) is 17.9. The number of terminal acetylenes is 1. The van der Waals surface area contributed by atoms with E-state index in [1.54, 1.807) is 12.3 Å². The summed E-state index contributed by atoms with van der Waals surface area (Å²) in [6, 6.07) is 7.28. The molecule has 8 heteroatoms. The zero-order chi connectivity index (χ0) is 20.3. The van der Waals surface area contributed by atoms with Gasteiger partial charge >= 0.3 is 0 Å². The van der Waals surface area contributed by atoms with Gasteiger partial charge in [-0.25, -0.2) is 0 Å². The van der Waals surface area contributed by atoms with Gasteiger partial charge in [-0.1, -0.05) is 11.1 Å². The summed E-state index contributed by atoms with van der Waals surface area (Å²) in [5.41, 5.74) is 0.595. The van der Waals surface area contributed by atoms with Gasteiger partial charge in [-0.2, -0.15) is 0 Å². The Kier molecular flexibility index (Phi) is 5.96. The summed E-state index contributed by atoms with van der Waals surface area (Å²) >= 11 is 4.66. The first kappa shape index (κ1) is 20.2. The molecule has 0 bridgehead atoms. The van der Waals surface area contributed by atoms with Crippen LogP contribution in [-0.2, 0) is 10.3 Å². The smallest absolute Gasteiger partial charge is 0.272 e. The number of hydrogen-bond acceptors (Lipinski definition) is 6. The number of benzene rings is 1. The molecule has 0 aliphatic rings. The van der Waals surface area contributed by atoms with Crippen LogP contribution >= 0.6 is 27.7 Å². The Hall–Kier alpha value is -2.50. The van der Waals surface area contributed by atoms with E-state index in [4.69, 9.17) is 15.7 Å². The van der Waals surface area contributed by atoms with Crippen LogP contribution in [0.25, 0.3) is 10.9 Å². The van der Waals surface area contributed by atoms with E-state index >= 15 is 0 Å². The number of rotatable bonds is 6. The summed E-state index contributed by atoms with van der Waals surface area (Å²) in [4.78, 5) is 17.1. The summed E-state index contributed by atoms with van der Waals surface area (Å²) in [6.45, 7) is 3.68. The van der Waals surface area contributed by atoms with Crippen molar-refractivity contribution in [2.24, 2.45) is 0 Å². The first-order valence-corrected chi connectivity index (χ1v) is 10.4. The van der Waals surface area contributed by atoms with Crippen LogP contribution in [0.3, 0.4) is 0 Å². The Morgan fingerprint density at radius 2 is 2.21 bits per heavy atom. The van der Waals surface area contributed by atoms with Crippen molar-refractivity contribution in [2.75, 3.05) is 6.26 Å². The highest BCUT2D eigenvalue weighted by Gasteiger charge is 2.32. The van der Waals surface area contributed by atoms with Crippen molar-refractivity contribution < 1.29 is 14.1 Å². The molecule has 1 N–H and O–H groups in total. The number of fused-ring (bicyclic) bond motifs is 1. The van der Waals surface area contributed by atoms with Crippen LogP contribution in [0, 0.1) is 12.3 Å². The number of nitrogens with one attached hydrogen (secondary N) is 1. The monoisotopic (exact) mass is 459 g/mol. The summed E-state index contributed by atoms with van der Waals surface area (Å²) in [7, 11) is 0. The third kappa shape index (κ3) is 4.32. The van der Waals surface area contributed by atoms with Gasteiger partial charge in [0.1, 0.15) is 17.7 Å². The van der Waals surface area contributed by atoms with Crippen LogP contribution < -0.4 is 10.1 Å². The Labute approximate surface area is 175 Å². The average Bonchev–Trinajstić information content (AvgIpc) is 3.12. The van der Waals surface area contributed by atoms with Crippen LogP contribution in [0.4, 0.5) is 0 Å². The molecule has 0 aliphatic heterocycles. The Balaban J connectivity index is 1.78. The van der Waals surface area contributed by atoms with E-state index in [-0.39, 0.29) is 5.91 Å². The Morgan fingerprint density at radius 1 is 1.43 bits per heavy atom. The summed E-state index contributed by atoms with van der Waals surface area (Å²) in [6.07, 6.45) is 10.4. The van der Waals surface area contributed by atoms with Crippen molar-refractivity contribution in [3.63, 3.8) is 0 Å². The lowest BCUT2D eigenvalue weighted by molar-refractivity contribution is -0.126. The molecule has 0 saturated carbocycles. The van der Waals surface area contributed by atoms with Gasteiger partial charge < -0.3 is 14.6 Å². The van der Waals surface area contributed by atoms with Gasteiger partial charge in [0.2, 0.25) is 5.44 Å². The molecule has 0 saturated heterocycles. The second-order valence-electron chi connectivity index (χ2n) is 6.53. The molecule has 1 amide bonds. The number of thioether (sulfide) groups is 1. The number of carbonyl (C=O) groups is 1. The van der Waals surface area contributed by atoms with Gasteiger partial charge in [0.15, 0.2) is 0 Å². The molecule has 3 aromatic rings. The summed E-state index contributed by atoms with van der Waals surface area (Å²) in [5, 5.41) is 7.75. The van der Waals surface area contributed by atoms with Crippen molar-refractivity contribution in [1.29, 1.82) is 0 Å². The SMILES string of the molecule is C#Cc1cnc2ccc(OC(SC)C(=O)NC(C)(C)c3nocc3Br)cc2c1. The number of aromatic nitrogens is 2. The maximum absolute atomic E-state index is 12.8. The van der Waals surface area contributed by atoms with Gasteiger partial charge in [-0.05, 0) is 60.3 Å². The van der Waals surface area contributed by atoms with Crippen LogP contribution in [0.15, 0.2) is 45.7 Å². The number of ether oxygens (including phenoxy) is 1. The van der Waals surface area contributed by atoms with Gasteiger partial charge in [-0.15, -0.1) is 18.2 Å². The summed E-state index contributed by atoms with van der Waals surface area (Å²) in [5.74, 6) is 2.84. The van der Waals surface area contributed by atoms with Gasteiger partial charge in [0.05, 0.1) is 15.5 Å². The van der Waals surface area contributed by atoms with E-state index in [2.05, 4.69) is 37.3 Å². The normalized spacial score (nSPS) is 12.4. The lowest BCUT2D eigenvalue weighted by Crippen LogP contribution is -2.47. The zero-order valence-electron chi connectivity index (χ0n) is 15.5. The molecular weight excluding hydrogens is 442 g/mol. The Bertz CT molecular complexity index is 1060. The van der Waals surface area contributed by atoms with Crippen LogP contribution in [0.2, 0.25) is 0 Å². The molecule has 6 nitrogen and oxygen atoms in total. The number of nitrogens with zero attached hydrogens (tertiary/aromatic N) is 2. The molecule has 1 atom stereocenters. The topological polar surface area (TPSA) is 77.2 Å². The van der Waals surface area contributed by atoms with Crippen molar-refractivity contribution in [1.82, 2.24) is 15.5 Å². The molecular formula is C20H18BrN3O3S. The minimum absolute atomic E-state index is 0.275. The van der Waals surface area contributed by atoms with Crippen molar-refractivity contribution in [3.05, 3.63) is 52.5 Å². The van der Waals surface area contributed by atoms with Crippen LogP contribution in [0.1, 0.15) is 25.1 Å². The summed E-state index contributed by atoms with van der Waals surface area (Å²) < 4.78 is 11.6. The predicted octanol–water partition coefficient (Wildman–Crippen LogP) is 4.09. The molecule has 0 aliphatic carbocycles. The standard InChI is InChI=1S/C20H18BrN3O3S/c1-5-12-8-13-9-14(6-7-16(13)22-10-12)27-19(28-4)18(25)23-20(2,3)17-15(21)11-26-24-17/h1,6-11,19H,2-4H3,(H,23,25). The van der Waals surface area contributed by atoms with Gasteiger partial charge in [0.25, 0.3) is 5.91 Å². The fourth-order valence-electron chi connectivity index (χ4n) is 2.66. The second kappa shape index (κ2) is 8.25. The number of hydrogen-bond donors (Lipinski definition) is 1. The third-order valence-electron chi connectivity index (χ3n) is 4.04. The molecule has 28 heavy (non-hydrogen) atoms. The van der Waals surface area contributed by atoms with Crippen molar-refractivity contribution >= 4 is 44.5 Å². The minimum Gasteiger partial charge on any atom is -0.470 e.